The Balaban J connectivity index is 2.19. The molecule has 0 unspecified atom stereocenters. The fraction of sp³-hybridized carbons (Fsp3) is 0.250. The lowest BCUT2D eigenvalue weighted by Gasteiger charge is -2.17. The van der Waals surface area contributed by atoms with Gasteiger partial charge >= 0.3 is 5.97 Å². The van der Waals surface area contributed by atoms with Crippen molar-refractivity contribution in [2.45, 2.75) is 19.8 Å². The molecule has 0 spiro atoms. The molecular weight excluding hydrogens is 282 g/mol. The van der Waals surface area contributed by atoms with Gasteiger partial charge in [-0.1, -0.05) is 26.0 Å². The Morgan fingerprint density at radius 3 is 2.05 bits per heavy atom. The molecule has 1 heterocycles. The topological polar surface area (TPSA) is 83.4 Å². The number of anilines is 1. The number of benzene rings is 1. The molecule has 1 amide bonds. The van der Waals surface area contributed by atoms with Crippen molar-refractivity contribution >= 4 is 17.6 Å². The highest BCUT2D eigenvalue weighted by Crippen LogP contribution is 2.20. The number of aromatic carboxylic acids is 1. The number of hydrogen-bond donors (Lipinski definition) is 1. The second kappa shape index (κ2) is 6.34. The van der Waals surface area contributed by atoms with E-state index in [0.717, 1.165) is 11.9 Å². The van der Waals surface area contributed by atoms with E-state index in [9.17, 15) is 9.59 Å². The first kappa shape index (κ1) is 15.6. The number of carbonyl (C=O) groups is 2. The summed E-state index contributed by atoms with van der Waals surface area (Å²) < 4.78 is 0. The molecule has 0 atom stereocenters. The largest absolute Gasteiger partial charge is 0.476 e. The SMILES string of the molecule is CC(C)c1ccc(N(C)C(=O)c2cnc(C(=O)O)cn2)cc1. The van der Waals surface area contributed by atoms with Crippen LogP contribution in [0.4, 0.5) is 5.69 Å². The molecule has 1 aromatic carbocycles. The Labute approximate surface area is 128 Å². The maximum atomic E-state index is 12.3. The van der Waals surface area contributed by atoms with Crippen LogP contribution < -0.4 is 4.90 Å². The number of nitrogens with zero attached hydrogens (tertiary/aromatic N) is 3. The minimum atomic E-state index is -1.18. The highest BCUT2D eigenvalue weighted by molar-refractivity contribution is 6.04. The molecule has 2 rings (SSSR count). The van der Waals surface area contributed by atoms with Gasteiger partial charge in [0.25, 0.3) is 5.91 Å². The molecule has 0 saturated heterocycles. The van der Waals surface area contributed by atoms with Gasteiger partial charge in [0.15, 0.2) is 5.69 Å². The van der Waals surface area contributed by atoms with Crippen LogP contribution in [0.2, 0.25) is 0 Å². The Hall–Kier alpha value is -2.76. The number of rotatable bonds is 4. The molecular formula is C16H17N3O3. The third-order valence-electron chi connectivity index (χ3n) is 3.34. The Bertz CT molecular complexity index is 679. The fourth-order valence-electron chi connectivity index (χ4n) is 1.92. The van der Waals surface area contributed by atoms with E-state index in [4.69, 9.17) is 5.11 Å². The van der Waals surface area contributed by atoms with Crippen LogP contribution in [0, 0.1) is 0 Å². The van der Waals surface area contributed by atoms with E-state index >= 15 is 0 Å². The highest BCUT2D eigenvalue weighted by atomic mass is 16.4. The summed E-state index contributed by atoms with van der Waals surface area (Å²) in [5.74, 6) is -1.10. The first-order chi connectivity index (χ1) is 10.4. The zero-order valence-electron chi connectivity index (χ0n) is 12.6. The predicted octanol–water partition coefficient (Wildman–Crippen LogP) is 2.57. The van der Waals surface area contributed by atoms with Gasteiger partial charge < -0.3 is 10.0 Å². The molecule has 6 heteroatoms. The van der Waals surface area contributed by atoms with Crippen LogP contribution in [-0.4, -0.2) is 34.0 Å². The lowest BCUT2D eigenvalue weighted by atomic mass is 10.0. The zero-order chi connectivity index (χ0) is 16.3. The number of aromatic nitrogens is 2. The Kier molecular flexibility index (Phi) is 4.50. The van der Waals surface area contributed by atoms with Crippen molar-refractivity contribution in [1.29, 1.82) is 0 Å². The summed E-state index contributed by atoms with van der Waals surface area (Å²) >= 11 is 0. The minimum absolute atomic E-state index is 0.0976. The predicted molar refractivity (Wildman–Crippen MR) is 82.3 cm³/mol. The van der Waals surface area contributed by atoms with Gasteiger partial charge in [-0.15, -0.1) is 0 Å². The first-order valence-electron chi connectivity index (χ1n) is 6.83. The molecule has 0 bridgehead atoms. The standard InChI is InChI=1S/C16H17N3O3/c1-10(2)11-4-6-12(7-5-11)19(3)15(20)13-8-18-14(9-17-13)16(21)22/h4-10H,1-3H3,(H,21,22). The van der Waals surface area contributed by atoms with Gasteiger partial charge in [0, 0.05) is 12.7 Å². The quantitative estimate of drug-likeness (QED) is 0.938. The van der Waals surface area contributed by atoms with Crippen LogP contribution in [0.25, 0.3) is 0 Å². The average molecular weight is 299 g/mol. The molecule has 0 aliphatic carbocycles. The van der Waals surface area contributed by atoms with E-state index in [-0.39, 0.29) is 17.3 Å². The van der Waals surface area contributed by atoms with Crippen molar-refractivity contribution in [1.82, 2.24) is 9.97 Å². The van der Waals surface area contributed by atoms with Crippen LogP contribution in [-0.2, 0) is 0 Å². The van der Waals surface area contributed by atoms with Crippen molar-refractivity contribution in [3.63, 3.8) is 0 Å². The van der Waals surface area contributed by atoms with Gasteiger partial charge in [0.2, 0.25) is 0 Å². The van der Waals surface area contributed by atoms with E-state index in [2.05, 4.69) is 23.8 Å². The lowest BCUT2D eigenvalue weighted by Crippen LogP contribution is -2.27. The van der Waals surface area contributed by atoms with Crippen molar-refractivity contribution in [2.75, 3.05) is 11.9 Å². The van der Waals surface area contributed by atoms with Crippen molar-refractivity contribution in [3.05, 3.63) is 53.6 Å². The summed E-state index contributed by atoms with van der Waals surface area (Å²) in [6, 6.07) is 7.69. The van der Waals surface area contributed by atoms with Gasteiger partial charge in [0.1, 0.15) is 5.69 Å². The number of carboxylic acid groups (broad SMARTS) is 1. The Morgan fingerprint density at radius 2 is 1.59 bits per heavy atom. The molecule has 0 saturated carbocycles. The third-order valence-corrected chi connectivity index (χ3v) is 3.34. The van der Waals surface area contributed by atoms with Crippen molar-refractivity contribution in [3.8, 4) is 0 Å². The lowest BCUT2D eigenvalue weighted by molar-refractivity contribution is 0.0689. The number of carboxylic acids is 1. The van der Waals surface area contributed by atoms with Crippen LogP contribution in [0.3, 0.4) is 0 Å². The van der Waals surface area contributed by atoms with E-state index in [0.29, 0.717) is 5.92 Å². The van der Waals surface area contributed by atoms with Crippen LogP contribution in [0.5, 0.6) is 0 Å². The van der Waals surface area contributed by atoms with Crippen LogP contribution in [0.15, 0.2) is 36.7 Å². The molecule has 1 aromatic heterocycles. The van der Waals surface area contributed by atoms with Crippen molar-refractivity contribution in [2.24, 2.45) is 0 Å². The maximum absolute atomic E-state index is 12.3. The smallest absolute Gasteiger partial charge is 0.356 e. The number of hydrogen-bond acceptors (Lipinski definition) is 4. The molecule has 6 nitrogen and oxygen atoms in total. The molecule has 0 aliphatic heterocycles. The molecule has 0 aliphatic rings. The summed E-state index contributed by atoms with van der Waals surface area (Å²) in [5, 5.41) is 8.77. The molecule has 22 heavy (non-hydrogen) atoms. The molecule has 1 N–H and O–H groups in total. The molecule has 0 radical (unpaired) electrons. The summed E-state index contributed by atoms with van der Waals surface area (Å²) in [7, 11) is 1.64. The summed E-state index contributed by atoms with van der Waals surface area (Å²) in [4.78, 5) is 32.1. The average Bonchev–Trinajstić information content (AvgIpc) is 2.53. The van der Waals surface area contributed by atoms with E-state index in [1.54, 1.807) is 7.05 Å². The van der Waals surface area contributed by atoms with Crippen molar-refractivity contribution < 1.29 is 14.7 Å². The van der Waals surface area contributed by atoms with E-state index in [1.807, 2.05) is 24.3 Å². The highest BCUT2D eigenvalue weighted by Gasteiger charge is 2.16. The maximum Gasteiger partial charge on any atom is 0.356 e. The van der Waals surface area contributed by atoms with E-state index < -0.39 is 5.97 Å². The summed E-state index contributed by atoms with van der Waals surface area (Å²) in [6.45, 7) is 4.20. The fourth-order valence-corrected chi connectivity index (χ4v) is 1.92. The zero-order valence-corrected chi connectivity index (χ0v) is 12.6. The first-order valence-corrected chi connectivity index (χ1v) is 6.83. The van der Waals surface area contributed by atoms with Gasteiger partial charge in [0.05, 0.1) is 12.4 Å². The summed E-state index contributed by atoms with van der Waals surface area (Å²) in [5.41, 5.74) is 1.83. The van der Waals surface area contributed by atoms with Gasteiger partial charge in [-0.25, -0.2) is 14.8 Å². The van der Waals surface area contributed by atoms with Gasteiger partial charge in [-0.3, -0.25) is 4.79 Å². The number of carbonyl (C=O) groups excluding carboxylic acids is 1. The molecule has 2 aromatic rings. The normalized spacial score (nSPS) is 10.5. The van der Waals surface area contributed by atoms with Gasteiger partial charge in [-0.05, 0) is 23.6 Å². The van der Waals surface area contributed by atoms with Crippen LogP contribution in [0.1, 0.15) is 46.3 Å². The molecule has 114 valence electrons. The second-order valence-corrected chi connectivity index (χ2v) is 5.20. The third kappa shape index (κ3) is 3.28. The van der Waals surface area contributed by atoms with E-state index in [1.165, 1.54) is 16.7 Å². The van der Waals surface area contributed by atoms with Gasteiger partial charge in [-0.2, -0.15) is 0 Å². The number of amides is 1. The monoisotopic (exact) mass is 299 g/mol. The molecule has 0 fully saturated rings. The minimum Gasteiger partial charge on any atom is -0.476 e. The van der Waals surface area contributed by atoms with Crippen LogP contribution >= 0.6 is 0 Å². The Morgan fingerprint density at radius 1 is 1.05 bits per heavy atom. The second-order valence-electron chi connectivity index (χ2n) is 5.20. The summed E-state index contributed by atoms with van der Waals surface area (Å²) in [6.07, 6.45) is 2.25.